The number of hydrogen-bond acceptors (Lipinski definition) is 4. The van der Waals surface area contributed by atoms with Crippen molar-refractivity contribution in [1.29, 1.82) is 0 Å². The Hall–Kier alpha value is -3.29. The molecule has 140 valence electrons. The Labute approximate surface area is 153 Å². The smallest absolute Gasteiger partial charge is 0.387 e. The number of aromatic amines is 1. The van der Waals surface area contributed by atoms with Gasteiger partial charge >= 0.3 is 6.61 Å². The molecule has 1 aromatic heterocycles. The van der Waals surface area contributed by atoms with E-state index in [4.69, 9.17) is 0 Å². The maximum absolute atomic E-state index is 12.7. The first-order valence-electron chi connectivity index (χ1n) is 8.30. The van der Waals surface area contributed by atoms with Crippen LogP contribution >= 0.6 is 0 Å². The molecule has 0 saturated heterocycles. The fourth-order valence-corrected chi connectivity index (χ4v) is 2.71. The molecule has 0 saturated carbocycles. The number of amides is 1. The molecule has 1 heterocycles. The quantitative estimate of drug-likeness (QED) is 0.720. The molecule has 0 aliphatic carbocycles. The summed E-state index contributed by atoms with van der Waals surface area (Å²) in [5, 5.41) is 0.465. The van der Waals surface area contributed by atoms with Crippen LogP contribution in [0, 0.1) is 0 Å². The number of nitrogens with zero attached hydrogens (tertiary/aromatic N) is 2. The van der Waals surface area contributed by atoms with E-state index in [1.54, 1.807) is 31.2 Å². The van der Waals surface area contributed by atoms with Gasteiger partial charge in [0, 0.05) is 12.1 Å². The van der Waals surface area contributed by atoms with Crippen LogP contribution in [0.2, 0.25) is 0 Å². The van der Waals surface area contributed by atoms with Gasteiger partial charge in [0.15, 0.2) is 0 Å². The maximum atomic E-state index is 12.7. The van der Waals surface area contributed by atoms with Gasteiger partial charge in [-0.2, -0.15) is 8.78 Å². The number of nitrogens with one attached hydrogen (secondary N) is 1. The molecule has 0 aliphatic rings. The van der Waals surface area contributed by atoms with Crippen molar-refractivity contribution >= 4 is 16.8 Å². The largest absolute Gasteiger partial charge is 0.435 e. The summed E-state index contributed by atoms with van der Waals surface area (Å²) in [6.45, 7) is -0.772. The molecule has 3 rings (SSSR count). The molecule has 2 aromatic carbocycles. The van der Waals surface area contributed by atoms with E-state index in [0.717, 1.165) is 0 Å². The summed E-state index contributed by atoms with van der Waals surface area (Å²) in [7, 11) is 0. The minimum absolute atomic E-state index is 0.0787. The molecule has 27 heavy (non-hydrogen) atoms. The summed E-state index contributed by atoms with van der Waals surface area (Å²) in [4.78, 5) is 33.4. The number of aromatic nitrogens is 2. The summed E-state index contributed by atoms with van der Waals surface area (Å²) in [6.07, 6.45) is 0. The number of hydrogen-bond donors (Lipinski definition) is 1. The molecular formula is C19H17F2N3O3. The average molecular weight is 373 g/mol. The predicted molar refractivity (Wildman–Crippen MR) is 95.9 cm³/mol. The van der Waals surface area contributed by atoms with Gasteiger partial charge in [-0.15, -0.1) is 0 Å². The number of halogens is 2. The van der Waals surface area contributed by atoms with Crippen LogP contribution in [0.3, 0.4) is 0 Å². The Morgan fingerprint density at radius 3 is 2.74 bits per heavy atom. The van der Waals surface area contributed by atoms with Crippen LogP contribution in [0.5, 0.6) is 5.75 Å². The highest BCUT2D eigenvalue weighted by molar-refractivity contribution is 5.94. The first-order valence-corrected chi connectivity index (χ1v) is 8.30. The highest BCUT2D eigenvalue weighted by atomic mass is 19.3. The van der Waals surface area contributed by atoms with Gasteiger partial charge in [0.25, 0.3) is 11.5 Å². The predicted octanol–water partition coefficient (Wildman–Crippen LogP) is 3.19. The van der Waals surface area contributed by atoms with Crippen LogP contribution in [0.4, 0.5) is 8.78 Å². The first kappa shape index (κ1) is 18.5. The lowest BCUT2D eigenvalue weighted by molar-refractivity contribution is -0.0499. The van der Waals surface area contributed by atoms with E-state index in [1.165, 1.54) is 29.2 Å². The highest BCUT2D eigenvalue weighted by Crippen LogP contribution is 2.18. The number of para-hydroxylation sites is 1. The van der Waals surface area contributed by atoms with E-state index in [-0.39, 0.29) is 29.3 Å². The Morgan fingerprint density at radius 2 is 2.00 bits per heavy atom. The van der Waals surface area contributed by atoms with Crippen LogP contribution in [-0.2, 0) is 6.54 Å². The fraction of sp³-hybridized carbons (Fsp3) is 0.211. The zero-order valence-corrected chi connectivity index (χ0v) is 14.5. The standard InChI is InChI=1S/C19H17F2N3O3/c1-2-24(18(26)12-6-5-7-13(10-12)27-19(20)21)11-16-22-15-9-4-3-8-14(15)17(25)23-16/h3-10,19H,2,11H2,1H3,(H,22,23,25). The van der Waals surface area contributed by atoms with Gasteiger partial charge in [-0.1, -0.05) is 18.2 Å². The van der Waals surface area contributed by atoms with Gasteiger partial charge < -0.3 is 14.6 Å². The molecule has 0 atom stereocenters. The number of carbonyl (C=O) groups excluding carboxylic acids is 1. The van der Waals surface area contributed by atoms with E-state index < -0.39 is 6.61 Å². The molecule has 0 fully saturated rings. The molecule has 0 unspecified atom stereocenters. The Morgan fingerprint density at radius 1 is 1.22 bits per heavy atom. The molecule has 6 nitrogen and oxygen atoms in total. The zero-order chi connectivity index (χ0) is 19.4. The minimum atomic E-state index is -2.97. The van der Waals surface area contributed by atoms with E-state index in [2.05, 4.69) is 14.7 Å². The second kappa shape index (κ2) is 7.94. The summed E-state index contributed by atoms with van der Waals surface area (Å²) < 4.78 is 29.1. The van der Waals surface area contributed by atoms with Gasteiger partial charge in [0.2, 0.25) is 0 Å². The number of H-pyrrole nitrogens is 1. The third-order valence-electron chi connectivity index (χ3n) is 3.98. The summed E-state index contributed by atoms with van der Waals surface area (Å²) in [5.41, 5.74) is 0.455. The molecule has 0 spiro atoms. The van der Waals surface area contributed by atoms with Crippen LogP contribution in [-0.4, -0.2) is 33.9 Å². The van der Waals surface area contributed by atoms with Crippen molar-refractivity contribution in [3.63, 3.8) is 0 Å². The van der Waals surface area contributed by atoms with Crippen molar-refractivity contribution in [2.75, 3.05) is 6.54 Å². The van der Waals surface area contributed by atoms with Crippen molar-refractivity contribution in [2.24, 2.45) is 0 Å². The molecule has 1 N–H and O–H groups in total. The molecule has 8 heteroatoms. The van der Waals surface area contributed by atoms with Gasteiger partial charge in [-0.25, -0.2) is 4.98 Å². The molecular weight excluding hydrogens is 356 g/mol. The van der Waals surface area contributed by atoms with Gasteiger partial charge in [0.05, 0.1) is 17.4 Å². The van der Waals surface area contributed by atoms with Crippen LogP contribution in [0.25, 0.3) is 10.9 Å². The molecule has 1 amide bonds. The normalized spacial score (nSPS) is 11.0. The number of benzene rings is 2. The number of ether oxygens (including phenoxy) is 1. The van der Waals surface area contributed by atoms with E-state index >= 15 is 0 Å². The lowest BCUT2D eigenvalue weighted by atomic mass is 10.2. The third-order valence-corrected chi connectivity index (χ3v) is 3.98. The van der Waals surface area contributed by atoms with Gasteiger partial charge in [0.1, 0.15) is 11.6 Å². The molecule has 0 aliphatic heterocycles. The molecule has 3 aromatic rings. The van der Waals surface area contributed by atoms with E-state index in [1.807, 2.05) is 0 Å². The highest BCUT2D eigenvalue weighted by Gasteiger charge is 2.17. The lowest BCUT2D eigenvalue weighted by Crippen LogP contribution is -2.32. The average Bonchev–Trinajstić information content (AvgIpc) is 2.65. The van der Waals surface area contributed by atoms with Crippen molar-refractivity contribution < 1.29 is 18.3 Å². The number of rotatable bonds is 6. The lowest BCUT2D eigenvalue weighted by Gasteiger charge is -2.20. The first-order chi connectivity index (χ1) is 13.0. The number of fused-ring (bicyclic) bond motifs is 1. The number of alkyl halides is 2. The van der Waals surface area contributed by atoms with Crippen molar-refractivity contribution in [2.45, 2.75) is 20.1 Å². The van der Waals surface area contributed by atoms with Crippen LogP contribution in [0.15, 0.2) is 53.3 Å². The topological polar surface area (TPSA) is 75.3 Å². The Bertz CT molecular complexity index is 1020. The Balaban J connectivity index is 1.85. The maximum Gasteiger partial charge on any atom is 0.387 e. The summed E-state index contributed by atoms with van der Waals surface area (Å²) in [6, 6.07) is 12.5. The molecule has 0 radical (unpaired) electrons. The van der Waals surface area contributed by atoms with Crippen LogP contribution < -0.4 is 10.3 Å². The molecule has 0 bridgehead atoms. The van der Waals surface area contributed by atoms with E-state index in [0.29, 0.717) is 23.3 Å². The van der Waals surface area contributed by atoms with Gasteiger partial charge in [-0.3, -0.25) is 9.59 Å². The number of carbonyl (C=O) groups is 1. The fourth-order valence-electron chi connectivity index (χ4n) is 2.71. The van der Waals surface area contributed by atoms with E-state index in [9.17, 15) is 18.4 Å². The van der Waals surface area contributed by atoms with Gasteiger partial charge in [-0.05, 0) is 37.3 Å². The zero-order valence-electron chi connectivity index (χ0n) is 14.5. The summed E-state index contributed by atoms with van der Waals surface area (Å²) >= 11 is 0. The Kier molecular flexibility index (Phi) is 5.44. The van der Waals surface area contributed by atoms with Crippen molar-refractivity contribution in [3.05, 3.63) is 70.3 Å². The second-order valence-corrected chi connectivity index (χ2v) is 5.76. The SMILES string of the molecule is CCN(Cc1nc2ccccc2c(=O)[nH]1)C(=O)c1cccc(OC(F)F)c1. The van der Waals surface area contributed by atoms with Crippen LogP contribution in [0.1, 0.15) is 23.1 Å². The third kappa shape index (κ3) is 4.28. The minimum Gasteiger partial charge on any atom is -0.435 e. The van der Waals surface area contributed by atoms with Crippen molar-refractivity contribution in [1.82, 2.24) is 14.9 Å². The summed E-state index contributed by atoms with van der Waals surface area (Å²) in [5.74, 6) is -0.133. The van der Waals surface area contributed by atoms with Crippen molar-refractivity contribution in [3.8, 4) is 5.75 Å². The monoisotopic (exact) mass is 373 g/mol. The second-order valence-electron chi connectivity index (χ2n) is 5.76.